The summed E-state index contributed by atoms with van der Waals surface area (Å²) in [7, 11) is 1.70. The van der Waals surface area contributed by atoms with Crippen LogP contribution in [0.15, 0.2) is 18.5 Å². The summed E-state index contributed by atoms with van der Waals surface area (Å²) in [5, 5.41) is 6.30. The average Bonchev–Trinajstić information content (AvgIpc) is 3.09. The molecule has 0 radical (unpaired) electrons. The number of nitrogens with zero attached hydrogens (tertiary/aromatic N) is 1. The standard InChI is InChI=1S/C14H23N3O2/c1-19-9-6-15-10-12-4-7-17(11-12)8-5-14(18)16-13-2-3-13/h4,7,11,13,15H,2-3,5-6,8-10H2,1H3,(H,16,18). The number of aromatic nitrogens is 1. The highest BCUT2D eigenvalue weighted by Crippen LogP contribution is 2.18. The first-order valence-electron chi connectivity index (χ1n) is 6.91. The van der Waals surface area contributed by atoms with Crippen molar-refractivity contribution in [2.45, 2.75) is 38.4 Å². The molecule has 1 amide bonds. The summed E-state index contributed by atoms with van der Waals surface area (Å²) in [5.74, 6) is 0.163. The first kappa shape index (κ1) is 14.1. The molecule has 1 aromatic heterocycles. The predicted octanol–water partition coefficient (Wildman–Crippen LogP) is 0.893. The van der Waals surface area contributed by atoms with Gasteiger partial charge in [0.25, 0.3) is 0 Å². The van der Waals surface area contributed by atoms with Crippen LogP contribution in [0.25, 0.3) is 0 Å². The second-order valence-corrected chi connectivity index (χ2v) is 5.02. The lowest BCUT2D eigenvalue weighted by Crippen LogP contribution is -2.26. The van der Waals surface area contributed by atoms with E-state index in [-0.39, 0.29) is 5.91 Å². The Morgan fingerprint density at radius 2 is 2.37 bits per heavy atom. The van der Waals surface area contributed by atoms with Crippen LogP contribution in [-0.2, 0) is 22.6 Å². The highest BCUT2D eigenvalue weighted by Gasteiger charge is 2.22. The van der Waals surface area contributed by atoms with Crippen molar-refractivity contribution in [1.29, 1.82) is 0 Å². The largest absolute Gasteiger partial charge is 0.383 e. The molecule has 19 heavy (non-hydrogen) atoms. The summed E-state index contributed by atoms with van der Waals surface area (Å²) in [4.78, 5) is 11.6. The summed E-state index contributed by atoms with van der Waals surface area (Å²) < 4.78 is 7.04. The molecule has 0 aromatic carbocycles. The van der Waals surface area contributed by atoms with E-state index in [1.165, 1.54) is 5.56 Å². The number of amides is 1. The van der Waals surface area contributed by atoms with Crippen LogP contribution >= 0.6 is 0 Å². The van der Waals surface area contributed by atoms with Gasteiger partial charge in [-0.1, -0.05) is 0 Å². The van der Waals surface area contributed by atoms with E-state index in [2.05, 4.69) is 27.5 Å². The fourth-order valence-corrected chi connectivity index (χ4v) is 1.90. The van der Waals surface area contributed by atoms with Gasteiger partial charge < -0.3 is 19.9 Å². The minimum atomic E-state index is 0.163. The normalized spacial score (nSPS) is 14.6. The van der Waals surface area contributed by atoms with Crippen molar-refractivity contribution in [3.63, 3.8) is 0 Å². The fourth-order valence-electron chi connectivity index (χ4n) is 1.90. The van der Waals surface area contributed by atoms with Crippen molar-refractivity contribution >= 4 is 5.91 Å². The summed E-state index contributed by atoms with van der Waals surface area (Å²) in [5.41, 5.74) is 1.23. The van der Waals surface area contributed by atoms with Gasteiger partial charge in [-0.2, -0.15) is 0 Å². The Bertz CT molecular complexity index is 399. The SMILES string of the molecule is COCCNCc1ccn(CCC(=O)NC2CC2)c1. The minimum absolute atomic E-state index is 0.163. The highest BCUT2D eigenvalue weighted by atomic mass is 16.5. The van der Waals surface area contributed by atoms with E-state index in [9.17, 15) is 4.79 Å². The van der Waals surface area contributed by atoms with E-state index in [0.29, 0.717) is 12.5 Å². The van der Waals surface area contributed by atoms with Gasteiger partial charge in [0.1, 0.15) is 0 Å². The smallest absolute Gasteiger partial charge is 0.222 e. The lowest BCUT2D eigenvalue weighted by molar-refractivity contribution is -0.121. The molecule has 0 bridgehead atoms. The quantitative estimate of drug-likeness (QED) is 0.652. The molecule has 5 heteroatoms. The molecular formula is C14H23N3O2. The van der Waals surface area contributed by atoms with Gasteiger partial charge in [-0.3, -0.25) is 4.79 Å². The fraction of sp³-hybridized carbons (Fsp3) is 0.643. The van der Waals surface area contributed by atoms with E-state index in [1.807, 2.05) is 6.20 Å². The Morgan fingerprint density at radius 3 is 3.11 bits per heavy atom. The monoisotopic (exact) mass is 265 g/mol. The van der Waals surface area contributed by atoms with Gasteiger partial charge in [0.2, 0.25) is 5.91 Å². The summed E-state index contributed by atoms with van der Waals surface area (Å²) in [6.45, 7) is 3.16. The van der Waals surface area contributed by atoms with Crippen molar-refractivity contribution in [2.24, 2.45) is 0 Å². The lowest BCUT2D eigenvalue weighted by Gasteiger charge is -2.04. The lowest BCUT2D eigenvalue weighted by atomic mass is 10.3. The average molecular weight is 265 g/mol. The summed E-state index contributed by atoms with van der Waals surface area (Å²) in [6.07, 6.45) is 6.96. The van der Waals surface area contributed by atoms with E-state index in [0.717, 1.165) is 39.1 Å². The van der Waals surface area contributed by atoms with Crippen LogP contribution < -0.4 is 10.6 Å². The topological polar surface area (TPSA) is 55.3 Å². The Morgan fingerprint density at radius 1 is 1.53 bits per heavy atom. The number of carbonyl (C=O) groups excluding carboxylic acids is 1. The molecular weight excluding hydrogens is 242 g/mol. The van der Waals surface area contributed by atoms with Crippen molar-refractivity contribution < 1.29 is 9.53 Å². The molecule has 1 aliphatic rings. The third-order valence-electron chi connectivity index (χ3n) is 3.16. The van der Waals surface area contributed by atoms with Crippen molar-refractivity contribution in [1.82, 2.24) is 15.2 Å². The van der Waals surface area contributed by atoms with Crippen LogP contribution in [0.2, 0.25) is 0 Å². The van der Waals surface area contributed by atoms with E-state index in [4.69, 9.17) is 4.74 Å². The van der Waals surface area contributed by atoms with Crippen molar-refractivity contribution in [3.8, 4) is 0 Å². The molecule has 1 aliphatic carbocycles. The molecule has 0 atom stereocenters. The molecule has 0 unspecified atom stereocenters. The number of methoxy groups -OCH3 is 1. The van der Waals surface area contributed by atoms with E-state index < -0.39 is 0 Å². The van der Waals surface area contributed by atoms with Crippen LogP contribution in [0.4, 0.5) is 0 Å². The zero-order valence-electron chi connectivity index (χ0n) is 11.5. The molecule has 0 aliphatic heterocycles. The Balaban J connectivity index is 1.63. The van der Waals surface area contributed by atoms with Gasteiger partial charge in [-0.15, -0.1) is 0 Å². The second kappa shape index (κ2) is 7.31. The van der Waals surface area contributed by atoms with E-state index in [1.54, 1.807) is 7.11 Å². The predicted molar refractivity (Wildman–Crippen MR) is 73.8 cm³/mol. The van der Waals surface area contributed by atoms with Gasteiger partial charge in [0.15, 0.2) is 0 Å². The van der Waals surface area contributed by atoms with Crippen molar-refractivity contribution in [3.05, 3.63) is 24.0 Å². The summed E-state index contributed by atoms with van der Waals surface area (Å²) >= 11 is 0. The molecule has 0 saturated heterocycles. The summed E-state index contributed by atoms with van der Waals surface area (Å²) in [6, 6.07) is 2.54. The van der Waals surface area contributed by atoms with Crippen LogP contribution in [0, 0.1) is 0 Å². The highest BCUT2D eigenvalue weighted by molar-refractivity contribution is 5.76. The number of hydrogen-bond acceptors (Lipinski definition) is 3. The molecule has 5 nitrogen and oxygen atoms in total. The van der Waals surface area contributed by atoms with Crippen LogP contribution in [0.3, 0.4) is 0 Å². The Hall–Kier alpha value is -1.33. The first-order valence-corrected chi connectivity index (χ1v) is 6.91. The number of nitrogens with one attached hydrogen (secondary N) is 2. The number of rotatable bonds is 9. The second-order valence-electron chi connectivity index (χ2n) is 5.02. The molecule has 1 saturated carbocycles. The Labute approximate surface area is 114 Å². The molecule has 2 rings (SSSR count). The third kappa shape index (κ3) is 5.44. The molecule has 1 heterocycles. The van der Waals surface area contributed by atoms with E-state index >= 15 is 0 Å². The number of hydrogen-bond donors (Lipinski definition) is 2. The van der Waals surface area contributed by atoms with Crippen LogP contribution in [0.1, 0.15) is 24.8 Å². The molecule has 1 aromatic rings. The van der Waals surface area contributed by atoms with Crippen molar-refractivity contribution in [2.75, 3.05) is 20.3 Å². The van der Waals surface area contributed by atoms with Gasteiger partial charge in [0.05, 0.1) is 6.61 Å². The number of carbonyl (C=O) groups is 1. The first-order chi connectivity index (χ1) is 9.28. The van der Waals surface area contributed by atoms with Gasteiger partial charge >= 0.3 is 0 Å². The van der Waals surface area contributed by atoms with Gasteiger partial charge in [0, 0.05) is 51.6 Å². The van der Waals surface area contributed by atoms with Crippen LogP contribution in [-0.4, -0.2) is 36.8 Å². The van der Waals surface area contributed by atoms with Gasteiger partial charge in [-0.25, -0.2) is 0 Å². The maximum Gasteiger partial charge on any atom is 0.222 e. The van der Waals surface area contributed by atoms with Gasteiger partial charge in [-0.05, 0) is 24.5 Å². The zero-order valence-corrected chi connectivity index (χ0v) is 11.5. The zero-order chi connectivity index (χ0) is 13.5. The molecule has 106 valence electrons. The molecule has 0 spiro atoms. The minimum Gasteiger partial charge on any atom is -0.383 e. The maximum absolute atomic E-state index is 11.6. The van der Waals surface area contributed by atoms with Crippen LogP contribution in [0.5, 0.6) is 0 Å². The third-order valence-corrected chi connectivity index (χ3v) is 3.16. The number of ether oxygens (including phenoxy) is 1. The number of aryl methyl sites for hydroxylation is 1. The molecule has 2 N–H and O–H groups in total. The Kier molecular flexibility index (Phi) is 5.42. The maximum atomic E-state index is 11.6. The molecule has 1 fully saturated rings.